The van der Waals surface area contributed by atoms with E-state index in [9.17, 15) is 9.90 Å². The van der Waals surface area contributed by atoms with Crippen LogP contribution < -0.4 is 14.9 Å². The van der Waals surface area contributed by atoms with E-state index in [1.165, 1.54) is 16.9 Å². The van der Waals surface area contributed by atoms with E-state index in [0.29, 0.717) is 22.2 Å². The summed E-state index contributed by atoms with van der Waals surface area (Å²) in [5.74, 6) is 1.10. The summed E-state index contributed by atoms with van der Waals surface area (Å²) in [6.45, 7) is 4.34. The number of thiazole rings is 1. The van der Waals surface area contributed by atoms with Gasteiger partial charge in [-0.3, -0.25) is 4.79 Å². The molecule has 1 aliphatic rings. The minimum atomic E-state index is -0.182. The summed E-state index contributed by atoms with van der Waals surface area (Å²) in [6.07, 6.45) is 1.72. The molecule has 4 aromatic rings. The molecule has 0 spiro atoms. The van der Waals surface area contributed by atoms with Gasteiger partial charge >= 0.3 is 0 Å². The van der Waals surface area contributed by atoms with Crippen LogP contribution in [0.4, 0.5) is 11.4 Å². The van der Waals surface area contributed by atoms with Gasteiger partial charge in [0.15, 0.2) is 6.61 Å². The molecule has 0 unspecified atom stereocenters. The van der Waals surface area contributed by atoms with E-state index in [1.807, 2.05) is 35.7 Å². The van der Waals surface area contributed by atoms with Crippen LogP contribution in [0.25, 0.3) is 11.3 Å². The van der Waals surface area contributed by atoms with Gasteiger partial charge in [-0.05, 0) is 71.6 Å². The molecule has 1 aliphatic heterocycles. The number of phenols is 1. The van der Waals surface area contributed by atoms with Crippen LogP contribution in [-0.4, -0.2) is 28.5 Å². The average molecular weight is 485 g/mol. The first kappa shape index (κ1) is 22.6. The molecule has 0 saturated heterocycles. The molecule has 8 heteroatoms. The Labute approximate surface area is 206 Å². The summed E-state index contributed by atoms with van der Waals surface area (Å²) >= 11 is 1.48. The third-order valence-electron chi connectivity index (χ3n) is 5.59. The van der Waals surface area contributed by atoms with Crippen molar-refractivity contribution in [3.05, 3.63) is 88.0 Å². The lowest BCUT2D eigenvalue weighted by atomic mass is 10.0. The summed E-state index contributed by atoms with van der Waals surface area (Å²) in [5.41, 5.74) is 5.25. The maximum absolute atomic E-state index is 11.8. The molecule has 7 nitrogen and oxygen atoms in total. The molecule has 5 rings (SSSR count). The lowest BCUT2D eigenvalue weighted by molar-refractivity contribution is -0.118. The number of rotatable bonds is 5. The van der Waals surface area contributed by atoms with Crippen molar-refractivity contribution in [3.63, 3.8) is 0 Å². The maximum atomic E-state index is 11.8. The van der Waals surface area contributed by atoms with Crippen LogP contribution in [0.15, 0.2) is 82.2 Å². The first-order valence-corrected chi connectivity index (χ1v) is 12.1. The standard InChI is InChI=1S/C27H24N4O3S/c1-17(2)19-5-8-21(9-6-19)29-27-31(28-14-18-3-10-22(32)11-4-18)24(16-35-27)20-7-12-25-23(13-20)30-26(33)15-34-25/h3-14,16-17,32H,15H2,1-2H3,(H,30,33). The smallest absolute Gasteiger partial charge is 0.262 e. The van der Waals surface area contributed by atoms with Gasteiger partial charge < -0.3 is 15.2 Å². The Kier molecular flexibility index (Phi) is 6.20. The molecule has 35 heavy (non-hydrogen) atoms. The molecule has 0 bridgehead atoms. The molecule has 3 aromatic carbocycles. The number of hydrogen-bond donors (Lipinski definition) is 2. The lowest BCUT2D eigenvalue weighted by Crippen LogP contribution is -2.25. The molecule has 1 aromatic heterocycles. The fourth-order valence-electron chi connectivity index (χ4n) is 3.66. The van der Waals surface area contributed by atoms with Gasteiger partial charge in [-0.25, -0.2) is 9.67 Å². The Morgan fingerprint density at radius 2 is 1.86 bits per heavy atom. The molecule has 2 N–H and O–H groups in total. The summed E-state index contributed by atoms with van der Waals surface area (Å²) in [5, 5.41) is 19.1. The zero-order valence-corrected chi connectivity index (χ0v) is 20.1. The number of aromatic nitrogens is 1. The number of carbonyl (C=O) groups excluding carboxylic acids is 1. The van der Waals surface area contributed by atoms with E-state index in [4.69, 9.17) is 14.8 Å². The second kappa shape index (κ2) is 9.60. The van der Waals surface area contributed by atoms with Crippen molar-refractivity contribution in [3.8, 4) is 22.8 Å². The van der Waals surface area contributed by atoms with E-state index in [2.05, 4.69) is 31.3 Å². The second-order valence-corrected chi connectivity index (χ2v) is 9.29. The van der Waals surface area contributed by atoms with Crippen LogP contribution in [0.3, 0.4) is 0 Å². The average Bonchev–Trinajstić information content (AvgIpc) is 3.25. The van der Waals surface area contributed by atoms with Crippen LogP contribution in [0.5, 0.6) is 11.5 Å². The number of hydrogen-bond acceptors (Lipinski definition) is 6. The highest BCUT2D eigenvalue weighted by atomic mass is 32.1. The van der Waals surface area contributed by atoms with Crippen molar-refractivity contribution in [2.75, 3.05) is 11.9 Å². The number of phenolic OH excluding ortho intramolecular Hbond substituents is 1. The molecule has 176 valence electrons. The monoisotopic (exact) mass is 484 g/mol. The summed E-state index contributed by atoms with van der Waals surface area (Å²) in [6, 6.07) is 20.7. The Morgan fingerprint density at radius 1 is 1.09 bits per heavy atom. The Hall–Kier alpha value is -4.17. The zero-order valence-electron chi connectivity index (χ0n) is 19.3. The van der Waals surface area contributed by atoms with Crippen molar-refractivity contribution in [1.29, 1.82) is 0 Å². The van der Waals surface area contributed by atoms with Crippen molar-refractivity contribution >= 4 is 34.8 Å². The fraction of sp³-hybridized carbons (Fsp3) is 0.148. The molecule has 0 atom stereocenters. The van der Waals surface area contributed by atoms with Gasteiger partial charge in [-0.2, -0.15) is 5.10 Å². The van der Waals surface area contributed by atoms with Crippen LogP contribution in [0, 0.1) is 0 Å². The highest BCUT2D eigenvalue weighted by molar-refractivity contribution is 7.07. The molecule has 1 amide bonds. The van der Waals surface area contributed by atoms with Gasteiger partial charge in [-0.15, -0.1) is 11.3 Å². The number of amides is 1. The Balaban J connectivity index is 1.59. The Bertz CT molecular complexity index is 1470. The number of nitrogens with zero attached hydrogens (tertiary/aromatic N) is 3. The van der Waals surface area contributed by atoms with Gasteiger partial charge in [0.2, 0.25) is 4.80 Å². The van der Waals surface area contributed by atoms with Crippen LogP contribution in [-0.2, 0) is 4.79 Å². The highest BCUT2D eigenvalue weighted by Crippen LogP contribution is 2.33. The quantitative estimate of drug-likeness (QED) is 0.367. The number of ether oxygens (including phenoxy) is 1. The summed E-state index contributed by atoms with van der Waals surface area (Å²) < 4.78 is 7.28. The summed E-state index contributed by atoms with van der Waals surface area (Å²) in [7, 11) is 0. The molecular weight excluding hydrogens is 460 g/mol. The third kappa shape index (κ3) is 5.02. The molecule has 0 aliphatic carbocycles. The van der Waals surface area contributed by atoms with E-state index >= 15 is 0 Å². The largest absolute Gasteiger partial charge is 0.508 e. The number of anilines is 1. The van der Waals surface area contributed by atoms with Gasteiger partial charge in [0.05, 0.1) is 23.3 Å². The SMILES string of the molecule is CC(C)c1ccc(N=c2scc(-c3ccc4c(c3)NC(=O)CO4)n2N=Cc2ccc(O)cc2)cc1. The lowest BCUT2D eigenvalue weighted by Gasteiger charge is -2.18. The molecule has 0 saturated carbocycles. The number of carbonyl (C=O) groups is 1. The van der Waals surface area contributed by atoms with Crippen molar-refractivity contribution in [2.24, 2.45) is 10.1 Å². The van der Waals surface area contributed by atoms with E-state index in [1.54, 1.807) is 35.2 Å². The van der Waals surface area contributed by atoms with E-state index < -0.39 is 0 Å². The van der Waals surface area contributed by atoms with Crippen LogP contribution >= 0.6 is 11.3 Å². The topological polar surface area (TPSA) is 88.2 Å². The predicted octanol–water partition coefficient (Wildman–Crippen LogP) is 5.49. The fourth-order valence-corrected chi connectivity index (χ4v) is 4.51. The van der Waals surface area contributed by atoms with Crippen molar-refractivity contribution in [1.82, 2.24) is 4.68 Å². The maximum Gasteiger partial charge on any atom is 0.262 e. The normalized spacial score (nSPS) is 13.7. The Morgan fingerprint density at radius 3 is 2.60 bits per heavy atom. The predicted molar refractivity (Wildman–Crippen MR) is 139 cm³/mol. The number of aromatic hydroxyl groups is 1. The third-order valence-corrected chi connectivity index (χ3v) is 6.41. The summed E-state index contributed by atoms with van der Waals surface area (Å²) in [4.78, 5) is 17.3. The van der Waals surface area contributed by atoms with Gasteiger partial charge in [0.1, 0.15) is 11.5 Å². The van der Waals surface area contributed by atoms with E-state index in [0.717, 1.165) is 22.5 Å². The van der Waals surface area contributed by atoms with Gasteiger partial charge in [0.25, 0.3) is 5.91 Å². The van der Waals surface area contributed by atoms with Gasteiger partial charge in [-0.1, -0.05) is 26.0 Å². The van der Waals surface area contributed by atoms with E-state index in [-0.39, 0.29) is 18.3 Å². The minimum Gasteiger partial charge on any atom is -0.508 e. The molecular formula is C27H24N4O3S. The van der Waals surface area contributed by atoms with Crippen molar-refractivity contribution < 1.29 is 14.6 Å². The van der Waals surface area contributed by atoms with Gasteiger partial charge in [0, 0.05) is 10.9 Å². The van der Waals surface area contributed by atoms with Crippen molar-refractivity contribution in [2.45, 2.75) is 19.8 Å². The number of fused-ring (bicyclic) bond motifs is 1. The molecule has 2 heterocycles. The molecule has 0 radical (unpaired) electrons. The number of benzene rings is 3. The van der Waals surface area contributed by atoms with Crippen LogP contribution in [0.1, 0.15) is 30.9 Å². The zero-order chi connectivity index (χ0) is 24.4. The molecule has 0 fully saturated rings. The number of nitrogens with one attached hydrogen (secondary N) is 1. The first-order chi connectivity index (χ1) is 17.0. The first-order valence-electron chi connectivity index (χ1n) is 11.2. The van der Waals surface area contributed by atoms with Crippen LogP contribution in [0.2, 0.25) is 0 Å². The highest BCUT2D eigenvalue weighted by Gasteiger charge is 2.18. The minimum absolute atomic E-state index is 0.0142. The second-order valence-electron chi connectivity index (χ2n) is 8.46.